The molecule has 0 bridgehead atoms. The molecule has 1 aliphatic heterocycles. The minimum atomic E-state index is -1.10. The van der Waals surface area contributed by atoms with Crippen LogP contribution in [0.5, 0.6) is 0 Å². The van der Waals surface area contributed by atoms with E-state index in [1.165, 1.54) is 47.6 Å². The maximum absolute atomic E-state index is 13.3. The number of rotatable bonds is 5. The number of ketones is 1. The van der Waals surface area contributed by atoms with Gasteiger partial charge in [0.1, 0.15) is 17.3 Å². The van der Waals surface area contributed by atoms with Crippen molar-refractivity contribution in [1.82, 2.24) is 4.90 Å². The van der Waals surface area contributed by atoms with Gasteiger partial charge in [0.25, 0.3) is 17.4 Å². The van der Waals surface area contributed by atoms with Crippen LogP contribution in [0.3, 0.4) is 0 Å². The highest BCUT2D eigenvalue weighted by Gasteiger charge is 2.46. The number of carbonyl (C=O) groups is 2. The average molecular weight is 422 g/mol. The first-order chi connectivity index (χ1) is 14.9. The van der Waals surface area contributed by atoms with Crippen molar-refractivity contribution in [2.24, 2.45) is 0 Å². The van der Waals surface area contributed by atoms with Crippen LogP contribution in [-0.4, -0.2) is 26.6 Å². The van der Waals surface area contributed by atoms with Crippen LogP contribution < -0.4 is 0 Å². The van der Waals surface area contributed by atoms with Gasteiger partial charge in [0.15, 0.2) is 0 Å². The Morgan fingerprint density at radius 2 is 1.87 bits per heavy atom. The van der Waals surface area contributed by atoms with Crippen LogP contribution in [0.4, 0.5) is 10.1 Å². The van der Waals surface area contributed by atoms with E-state index in [9.17, 15) is 29.2 Å². The third-order valence-electron chi connectivity index (χ3n) is 4.96. The second-order valence-electron chi connectivity index (χ2n) is 6.87. The van der Waals surface area contributed by atoms with Crippen molar-refractivity contribution < 1.29 is 28.4 Å². The molecule has 0 radical (unpaired) electrons. The molecule has 156 valence electrons. The molecule has 2 aromatic carbocycles. The van der Waals surface area contributed by atoms with Crippen LogP contribution in [0.25, 0.3) is 5.76 Å². The van der Waals surface area contributed by atoms with E-state index >= 15 is 0 Å². The van der Waals surface area contributed by atoms with Crippen molar-refractivity contribution in [3.8, 4) is 0 Å². The first-order valence-corrected chi connectivity index (χ1v) is 9.18. The first kappa shape index (κ1) is 20.0. The second kappa shape index (κ2) is 7.86. The Morgan fingerprint density at radius 3 is 2.52 bits per heavy atom. The SMILES string of the molecule is O=C1C(=O)N(Cc2ccco2)C(c2cccc([N+](=O)[O-])c2)C1=C(O)c1ccc(F)cc1. The molecule has 4 rings (SSSR count). The van der Waals surface area contributed by atoms with Crippen molar-refractivity contribution in [3.63, 3.8) is 0 Å². The number of carbonyl (C=O) groups excluding carboxylic acids is 2. The lowest BCUT2D eigenvalue weighted by Gasteiger charge is -2.24. The Labute approximate surface area is 175 Å². The van der Waals surface area contributed by atoms with Gasteiger partial charge in [0.05, 0.1) is 29.3 Å². The summed E-state index contributed by atoms with van der Waals surface area (Å²) in [5.74, 6) is -2.50. The van der Waals surface area contributed by atoms with Crippen molar-refractivity contribution in [2.75, 3.05) is 0 Å². The highest BCUT2D eigenvalue weighted by molar-refractivity contribution is 6.46. The monoisotopic (exact) mass is 422 g/mol. The molecular weight excluding hydrogens is 407 g/mol. The summed E-state index contributed by atoms with van der Waals surface area (Å²) in [6, 6.07) is 12.4. The molecule has 8 nitrogen and oxygen atoms in total. The molecule has 1 aliphatic rings. The number of hydrogen-bond acceptors (Lipinski definition) is 6. The van der Waals surface area contributed by atoms with Gasteiger partial charge in [0, 0.05) is 17.7 Å². The van der Waals surface area contributed by atoms with E-state index in [1.807, 2.05) is 0 Å². The molecule has 9 heteroatoms. The number of benzene rings is 2. The molecule has 0 aliphatic carbocycles. The Morgan fingerprint density at radius 1 is 1.13 bits per heavy atom. The van der Waals surface area contributed by atoms with E-state index < -0.39 is 34.2 Å². The topological polar surface area (TPSA) is 114 Å². The van der Waals surface area contributed by atoms with Crippen LogP contribution in [0.15, 0.2) is 76.9 Å². The Balaban J connectivity index is 1.89. The summed E-state index contributed by atoms with van der Waals surface area (Å²) < 4.78 is 18.6. The summed E-state index contributed by atoms with van der Waals surface area (Å²) in [7, 11) is 0. The number of hydrogen-bond donors (Lipinski definition) is 1. The van der Waals surface area contributed by atoms with Crippen molar-refractivity contribution in [1.29, 1.82) is 0 Å². The largest absolute Gasteiger partial charge is 0.507 e. The number of nitrogens with zero attached hydrogens (tertiary/aromatic N) is 2. The maximum Gasteiger partial charge on any atom is 0.296 e. The first-order valence-electron chi connectivity index (χ1n) is 9.18. The Bertz CT molecular complexity index is 1200. The predicted molar refractivity (Wildman–Crippen MR) is 106 cm³/mol. The van der Waals surface area contributed by atoms with Crippen LogP contribution in [0.1, 0.15) is 22.9 Å². The summed E-state index contributed by atoms with van der Waals surface area (Å²) in [5, 5.41) is 22.1. The second-order valence-corrected chi connectivity index (χ2v) is 6.87. The van der Waals surface area contributed by atoms with Crippen molar-refractivity contribution in [3.05, 3.63) is 105 Å². The molecule has 0 saturated carbocycles. The highest BCUT2D eigenvalue weighted by atomic mass is 19.1. The summed E-state index contributed by atoms with van der Waals surface area (Å²) >= 11 is 0. The Hall–Kier alpha value is -4.27. The predicted octanol–water partition coefficient (Wildman–Crippen LogP) is 3.95. The molecule has 2 heterocycles. The molecule has 1 fully saturated rings. The minimum Gasteiger partial charge on any atom is -0.507 e. The van der Waals surface area contributed by atoms with Crippen LogP contribution >= 0.6 is 0 Å². The summed E-state index contributed by atoms with van der Waals surface area (Å²) in [4.78, 5) is 37.5. The normalized spacial score (nSPS) is 17.8. The smallest absolute Gasteiger partial charge is 0.296 e. The molecule has 1 N–H and O–H groups in total. The number of nitro benzene ring substituents is 1. The van der Waals surface area contributed by atoms with E-state index in [1.54, 1.807) is 12.1 Å². The van der Waals surface area contributed by atoms with E-state index in [2.05, 4.69) is 0 Å². The highest BCUT2D eigenvalue weighted by Crippen LogP contribution is 2.41. The van der Waals surface area contributed by atoms with Crippen LogP contribution in [0, 0.1) is 15.9 Å². The number of amides is 1. The molecule has 1 aromatic heterocycles. The number of non-ortho nitro benzene ring substituents is 1. The number of furan rings is 1. The summed E-state index contributed by atoms with van der Waals surface area (Å²) in [5.41, 5.74) is -0.0806. The summed E-state index contributed by atoms with van der Waals surface area (Å²) in [6.07, 6.45) is 1.41. The lowest BCUT2D eigenvalue weighted by Crippen LogP contribution is -2.29. The molecular formula is C22H15FN2O6. The van der Waals surface area contributed by atoms with Gasteiger partial charge in [-0.05, 0) is 42.0 Å². The molecule has 0 spiro atoms. The standard InChI is InChI=1S/C22H15FN2O6/c23-15-8-6-13(7-9-15)20(26)18-19(14-3-1-4-16(11-14)25(29)30)24(22(28)21(18)27)12-17-5-2-10-31-17/h1-11,19,26H,12H2. The van der Waals surface area contributed by atoms with Gasteiger partial charge in [-0.3, -0.25) is 19.7 Å². The van der Waals surface area contributed by atoms with Crippen molar-refractivity contribution in [2.45, 2.75) is 12.6 Å². The Kier molecular flexibility index (Phi) is 5.08. The van der Waals surface area contributed by atoms with E-state index in [-0.39, 0.29) is 28.9 Å². The van der Waals surface area contributed by atoms with E-state index in [0.29, 0.717) is 5.76 Å². The van der Waals surface area contributed by atoms with Crippen LogP contribution in [0.2, 0.25) is 0 Å². The number of aliphatic hydroxyl groups excluding tert-OH is 1. The quantitative estimate of drug-likeness (QED) is 0.219. The zero-order valence-corrected chi connectivity index (χ0v) is 15.9. The number of nitro groups is 1. The molecule has 31 heavy (non-hydrogen) atoms. The van der Waals surface area contributed by atoms with Gasteiger partial charge in [-0.2, -0.15) is 0 Å². The van der Waals surface area contributed by atoms with Gasteiger partial charge in [-0.15, -0.1) is 0 Å². The summed E-state index contributed by atoms with van der Waals surface area (Å²) in [6.45, 7) is -0.0921. The maximum atomic E-state index is 13.3. The van der Waals surface area contributed by atoms with E-state index in [0.717, 1.165) is 12.1 Å². The third-order valence-corrected chi connectivity index (χ3v) is 4.96. The zero-order valence-electron chi connectivity index (χ0n) is 15.9. The van der Waals surface area contributed by atoms with E-state index in [4.69, 9.17) is 4.42 Å². The number of halogens is 1. The third kappa shape index (κ3) is 3.68. The molecule has 1 atom stereocenters. The fourth-order valence-electron chi connectivity index (χ4n) is 3.53. The lowest BCUT2D eigenvalue weighted by atomic mass is 9.95. The van der Waals surface area contributed by atoms with Gasteiger partial charge < -0.3 is 14.4 Å². The fraction of sp³-hybridized carbons (Fsp3) is 0.0909. The molecule has 1 unspecified atom stereocenters. The van der Waals surface area contributed by atoms with Crippen molar-refractivity contribution >= 4 is 23.1 Å². The number of likely N-dealkylation sites (tertiary alicyclic amines) is 1. The molecule has 3 aromatic rings. The zero-order chi connectivity index (χ0) is 22.1. The lowest BCUT2D eigenvalue weighted by molar-refractivity contribution is -0.384. The molecule has 1 saturated heterocycles. The average Bonchev–Trinajstić information content (AvgIpc) is 3.36. The van der Waals surface area contributed by atoms with Gasteiger partial charge in [0.2, 0.25) is 0 Å². The van der Waals surface area contributed by atoms with Crippen LogP contribution in [-0.2, 0) is 16.1 Å². The fourth-order valence-corrected chi connectivity index (χ4v) is 3.53. The number of aliphatic hydroxyl groups is 1. The minimum absolute atomic E-state index is 0.0921. The van der Waals surface area contributed by atoms with Gasteiger partial charge >= 0.3 is 0 Å². The number of Topliss-reactive ketones (excluding diaryl/α,β-unsaturated/α-hetero) is 1. The van der Waals surface area contributed by atoms with Gasteiger partial charge in [-0.25, -0.2) is 4.39 Å². The van der Waals surface area contributed by atoms with Gasteiger partial charge in [-0.1, -0.05) is 12.1 Å². The molecule has 1 amide bonds.